The number of carbonyl (C=O) groups is 2. The van der Waals surface area contributed by atoms with Gasteiger partial charge in [0, 0.05) is 13.1 Å². The summed E-state index contributed by atoms with van der Waals surface area (Å²) in [4.78, 5) is 24.5. The first-order valence-electron chi connectivity index (χ1n) is 8.32. The molecule has 0 saturated heterocycles. The molecular weight excluding hydrogens is 292 g/mol. The lowest BCUT2D eigenvalue weighted by Crippen LogP contribution is -2.43. The molecule has 1 aromatic rings. The third-order valence-electron chi connectivity index (χ3n) is 4.27. The number of nitrogens with one attached hydrogen (secondary N) is 2. The Kier molecular flexibility index (Phi) is 6.02. The molecule has 5 nitrogen and oxygen atoms in total. The van der Waals surface area contributed by atoms with Crippen molar-refractivity contribution in [1.82, 2.24) is 10.6 Å². The molecular formula is C18H26N2O3. The fraction of sp³-hybridized carbons (Fsp3) is 0.556. The largest absolute Gasteiger partial charge is 0.497 e. The van der Waals surface area contributed by atoms with Gasteiger partial charge in [-0.05, 0) is 43.4 Å². The Morgan fingerprint density at radius 3 is 2.48 bits per heavy atom. The summed E-state index contributed by atoms with van der Waals surface area (Å²) in [7, 11) is 1.63. The first kappa shape index (κ1) is 17.3. The number of benzene rings is 1. The van der Waals surface area contributed by atoms with Gasteiger partial charge in [0.05, 0.1) is 7.11 Å². The van der Waals surface area contributed by atoms with E-state index < -0.39 is 5.41 Å². The second-order valence-corrected chi connectivity index (χ2v) is 6.05. The Morgan fingerprint density at radius 1 is 1.17 bits per heavy atom. The van der Waals surface area contributed by atoms with E-state index in [1.807, 2.05) is 24.3 Å². The quantitative estimate of drug-likeness (QED) is 0.541. The molecule has 0 aliphatic heterocycles. The van der Waals surface area contributed by atoms with Crippen LogP contribution in [0.25, 0.3) is 0 Å². The summed E-state index contributed by atoms with van der Waals surface area (Å²) in [6, 6.07) is 7.77. The van der Waals surface area contributed by atoms with Gasteiger partial charge in [-0.15, -0.1) is 0 Å². The van der Waals surface area contributed by atoms with Crippen LogP contribution in [0.15, 0.2) is 24.3 Å². The lowest BCUT2D eigenvalue weighted by atomic mass is 10.0. The van der Waals surface area contributed by atoms with Crippen molar-refractivity contribution in [2.75, 3.05) is 20.2 Å². The minimum Gasteiger partial charge on any atom is -0.497 e. The maximum absolute atomic E-state index is 12.3. The molecule has 0 heterocycles. The predicted molar refractivity (Wildman–Crippen MR) is 89.3 cm³/mol. The molecule has 1 aromatic carbocycles. The summed E-state index contributed by atoms with van der Waals surface area (Å²) in [6.07, 6.45) is 3.99. The van der Waals surface area contributed by atoms with Crippen LogP contribution in [0.5, 0.6) is 5.75 Å². The van der Waals surface area contributed by atoms with E-state index in [9.17, 15) is 9.59 Å². The highest BCUT2D eigenvalue weighted by Crippen LogP contribution is 2.46. The standard InChI is InChI=1S/C18H26N2O3/c1-3-4-11-19-16(21)18(9-10-18)17(22)20-12-8-14-6-5-7-15(13-14)23-2/h5-7,13H,3-4,8-12H2,1-2H3,(H,19,21)(H,20,22). The van der Waals surface area contributed by atoms with Gasteiger partial charge in [0.2, 0.25) is 11.8 Å². The number of hydrogen-bond acceptors (Lipinski definition) is 3. The Bertz CT molecular complexity index is 553. The van der Waals surface area contributed by atoms with Gasteiger partial charge in [-0.1, -0.05) is 25.5 Å². The van der Waals surface area contributed by atoms with Gasteiger partial charge >= 0.3 is 0 Å². The van der Waals surface area contributed by atoms with E-state index in [4.69, 9.17) is 4.74 Å². The minimum absolute atomic E-state index is 0.121. The van der Waals surface area contributed by atoms with E-state index in [0.717, 1.165) is 30.6 Å². The van der Waals surface area contributed by atoms with E-state index in [1.54, 1.807) is 7.11 Å². The zero-order chi connectivity index (χ0) is 16.7. The van der Waals surface area contributed by atoms with Crippen molar-refractivity contribution in [1.29, 1.82) is 0 Å². The van der Waals surface area contributed by atoms with Gasteiger partial charge in [0.25, 0.3) is 0 Å². The van der Waals surface area contributed by atoms with Crippen molar-refractivity contribution in [2.45, 2.75) is 39.0 Å². The van der Waals surface area contributed by atoms with Gasteiger partial charge in [-0.25, -0.2) is 0 Å². The SMILES string of the molecule is CCCCNC(=O)C1(C(=O)NCCc2cccc(OC)c2)CC1. The average Bonchev–Trinajstić information content (AvgIpc) is 3.37. The van der Waals surface area contributed by atoms with E-state index >= 15 is 0 Å². The number of unbranched alkanes of at least 4 members (excludes halogenated alkanes) is 1. The van der Waals surface area contributed by atoms with Crippen LogP contribution in [0, 0.1) is 5.41 Å². The smallest absolute Gasteiger partial charge is 0.235 e. The first-order chi connectivity index (χ1) is 11.1. The lowest BCUT2D eigenvalue weighted by molar-refractivity contribution is -0.137. The van der Waals surface area contributed by atoms with Crippen LogP contribution in [-0.2, 0) is 16.0 Å². The maximum Gasteiger partial charge on any atom is 0.235 e. The second-order valence-electron chi connectivity index (χ2n) is 6.05. The second kappa shape index (κ2) is 7.99. The number of ether oxygens (including phenoxy) is 1. The molecule has 1 aliphatic carbocycles. The average molecular weight is 318 g/mol. The van der Waals surface area contributed by atoms with Crippen LogP contribution in [-0.4, -0.2) is 32.0 Å². The molecule has 0 bridgehead atoms. The van der Waals surface area contributed by atoms with Crippen LogP contribution < -0.4 is 15.4 Å². The van der Waals surface area contributed by atoms with Gasteiger partial charge in [0.1, 0.15) is 11.2 Å². The van der Waals surface area contributed by atoms with Crippen molar-refractivity contribution in [2.24, 2.45) is 5.41 Å². The minimum atomic E-state index is -0.817. The van der Waals surface area contributed by atoms with Crippen LogP contribution in [0.4, 0.5) is 0 Å². The topological polar surface area (TPSA) is 67.4 Å². The highest BCUT2D eigenvalue weighted by atomic mass is 16.5. The molecule has 0 spiro atoms. The number of hydrogen-bond donors (Lipinski definition) is 2. The lowest BCUT2D eigenvalue weighted by Gasteiger charge is -2.15. The van der Waals surface area contributed by atoms with E-state index in [-0.39, 0.29) is 11.8 Å². The molecule has 126 valence electrons. The van der Waals surface area contributed by atoms with Gasteiger partial charge in [-0.3, -0.25) is 9.59 Å². The molecule has 0 atom stereocenters. The maximum atomic E-state index is 12.3. The molecule has 1 aliphatic rings. The predicted octanol–water partition coefficient (Wildman–Crippen LogP) is 2.05. The summed E-state index contributed by atoms with van der Waals surface area (Å²) in [5, 5.41) is 5.78. The zero-order valence-corrected chi connectivity index (χ0v) is 14.0. The molecule has 1 saturated carbocycles. The van der Waals surface area contributed by atoms with Gasteiger partial charge in [-0.2, -0.15) is 0 Å². The van der Waals surface area contributed by atoms with Crippen LogP contribution in [0.1, 0.15) is 38.2 Å². The normalized spacial score (nSPS) is 14.9. The summed E-state index contributed by atoms with van der Waals surface area (Å²) in [5.41, 5.74) is 0.282. The molecule has 5 heteroatoms. The first-order valence-corrected chi connectivity index (χ1v) is 8.32. The van der Waals surface area contributed by atoms with Crippen molar-refractivity contribution in [3.63, 3.8) is 0 Å². The number of rotatable bonds is 9. The number of amides is 2. The molecule has 2 amide bonds. The van der Waals surface area contributed by atoms with Crippen LogP contribution >= 0.6 is 0 Å². The van der Waals surface area contributed by atoms with E-state index in [0.29, 0.717) is 25.9 Å². The van der Waals surface area contributed by atoms with Crippen LogP contribution in [0.3, 0.4) is 0 Å². The third kappa shape index (κ3) is 4.47. The molecule has 2 N–H and O–H groups in total. The fourth-order valence-corrected chi connectivity index (χ4v) is 2.55. The highest BCUT2D eigenvalue weighted by Gasteiger charge is 2.56. The Morgan fingerprint density at radius 2 is 1.87 bits per heavy atom. The zero-order valence-electron chi connectivity index (χ0n) is 14.0. The Hall–Kier alpha value is -2.04. The Labute approximate surface area is 137 Å². The van der Waals surface area contributed by atoms with Crippen molar-refractivity contribution in [3.8, 4) is 5.75 Å². The van der Waals surface area contributed by atoms with Gasteiger partial charge < -0.3 is 15.4 Å². The molecule has 1 fully saturated rings. The molecule has 23 heavy (non-hydrogen) atoms. The van der Waals surface area contributed by atoms with Crippen molar-refractivity contribution < 1.29 is 14.3 Å². The van der Waals surface area contributed by atoms with Crippen molar-refractivity contribution >= 4 is 11.8 Å². The monoisotopic (exact) mass is 318 g/mol. The molecule has 2 rings (SSSR count). The third-order valence-corrected chi connectivity index (χ3v) is 4.27. The summed E-state index contributed by atoms with van der Waals surface area (Å²) in [5.74, 6) is 0.544. The van der Waals surface area contributed by atoms with Gasteiger partial charge in [0.15, 0.2) is 0 Å². The summed E-state index contributed by atoms with van der Waals surface area (Å²) < 4.78 is 5.18. The Balaban J connectivity index is 1.79. The highest BCUT2D eigenvalue weighted by molar-refractivity contribution is 6.07. The molecule has 0 radical (unpaired) electrons. The summed E-state index contributed by atoms with van der Waals surface area (Å²) >= 11 is 0. The summed E-state index contributed by atoms with van der Waals surface area (Å²) in [6.45, 7) is 3.24. The molecule has 0 aromatic heterocycles. The van der Waals surface area contributed by atoms with E-state index in [2.05, 4.69) is 17.6 Å². The number of methoxy groups -OCH3 is 1. The molecule has 0 unspecified atom stereocenters. The van der Waals surface area contributed by atoms with E-state index in [1.165, 1.54) is 0 Å². The van der Waals surface area contributed by atoms with Crippen LogP contribution in [0.2, 0.25) is 0 Å². The number of carbonyl (C=O) groups excluding carboxylic acids is 2. The fourth-order valence-electron chi connectivity index (χ4n) is 2.55. The van der Waals surface area contributed by atoms with Crippen molar-refractivity contribution in [3.05, 3.63) is 29.8 Å².